The van der Waals surface area contributed by atoms with Crippen molar-refractivity contribution in [2.45, 2.75) is 13.0 Å². The van der Waals surface area contributed by atoms with E-state index in [4.69, 9.17) is 9.47 Å². The Balaban J connectivity index is 2.52. The summed E-state index contributed by atoms with van der Waals surface area (Å²) in [6.45, 7) is 2.01. The minimum Gasteiger partial charge on any atom is -0.506 e. The van der Waals surface area contributed by atoms with Crippen molar-refractivity contribution < 1.29 is 36.9 Å². The number of rotatable bonds is 5. The van der Waals surface area contributed by atoms with Gasteiger partial charge in [-0.25, -0.2) is 22.4 Å². The number of aliphatic imine (C=N–C) groups is 1. The Bertz CT molecular complexity index is 714. The summed E-state index contributed by atoms with van der Waals surface area (Å²) in [6, 6.07) is -0.0310. The zero-order valence-corrected chi connectivity index (χ0v) is 12.5. The van der Waals surface area contributed by atoms with Gasteiger partial charge in [0.2, 0.25) is 0 Å². The molecule has 0 saturated carbocycles. The molecule has 0 aliphatic carbocycles. The Morgan fingerprint density at radius 2 is 2.00 bits per heavy atom. The van der Waals surface area contributed by atoms with E-state index < -0.39 is 46.1 Å². The lowest BCUT2D eigenvalue weighted by Crippen LogP contribution is -2.31. The number of nitrogens with zero attached hydrogens (tertiary/aromatic N) is 1. The first-order chi connectivity index (χ1) is 11.4. The number of aliphatic hydroxyl groups excluding tert-OH is 1. The van der Waals surface area contributed by atoms with Crippen molar-refractivity contribution in [2.24, 2.45) is 4.99 Å². The quantitative estimate of drug-likeness (QED) is 0.169. The molecule has 1 fully saturated rings. The SMILES string of the molecule is CCOC(=O)/C(C=NC1COC1)=C(/O)c1cc(F)c(F)c(F)c1F. The predicted octanol–water partition coefficient (Wildman–Crippen LogP) is 2.54. The molecule has 0 aromatic heterocycles. The summed E-state index contributed by atoms with van der Waals surface area (Å²) in [5.41, 5.74) is -1.64. The van der Waals surface area contributed by atoms with Crippen LogP contribution in [0, 0.1) is 23.3 Å². The molecule has 1 aliphatic rings. The van der Waals surface area contributed by atoms with Crippen LogP contribution in [0.3, 0.4) is 0 Å². The van der Waals surface area contributed by atoms with Crippen LogP contribution in [0.5, 0.6) is 0 Å². The highest BCUT2D eigenvalue weighted by Crippen LogP contribution is 2.25. The first kappa shape index (κ1) is 17.9. The van der Waals surface area contributed by atoms with Gasteiger partial charge in [0, 0.05) is 6.21 Å². The largest absolute Gasteiger partial charge is 0.506 e. The number of esters is 1. The van der Waals surface area contributed by atoms with Crippen LogP contribution < -0.4 is 0 Å². The molecule has 0 bridgehead atoms. The first-order valence-corrected chi connectivity index (χ1v) is 6.91. The fourth-order valence-corrected chi connectivity index (χ4v) is 1.80. The number of aliphatic hydroxyl groups is 1. The smallest absolute Gasteiger partial charge is 0.343 e. The van der Waals surface area contributed by atoms with Crippen molar-refractivity contribution in [1.29, 1.82) is 0 Å². The van der Waals surface area contributed by atoms with E-state index >= 15 is 0 Å². The molecule has 1 aliphatic heterocycles. The van der Waals surface area contributed by atoms with Gasteiger partial charge in [-0.2, -0.15) is 0 Å². The van der Waals surface area contributed by atoms with Gasteiger partial charge >= 0.3 is 5.97 Å². The fourth-order valence-electron chi connectivity index (χ4n) is 1.80. The summed E-state index contributed by atoms with van der Waals surface area (Å²) in [7, 11) is 0. The Kier molecular flexibility index (Phi) is 5.55. The standard InChI is InChI=1S/C15H13F4NO4/c1-2-24-15(22)9(4-20-7-5-23-6-7)14(21)8-3-10(16)12(18)13(19)11(8)17/h3-4,7,21H,2,5-6H2,1H3/b14-9+,20-4?. The highest BCUT2D eigenvalue weighted by Gasteiger charge is 2.25. The molecule has 2 rings (SSSR count). The molecule has 1 saturated heterocycles. The molecule has 1 heterocycles. The van der Waals surface area contributed by atoms with Gasteiger partial charge in [0.1, 0.15) is 11.3 Å². The molecule has 0 atom stereocenters. The second kappa shape index (κ2) is 7.43. The molecule has 9 heteroatoms. The predicted molar refractivity (Wildman–Crippen MR) is 75.6 cm³/mol. The molecule has 0 amide bonds. The van der Waals surface area contributed by atoms with Crippen LogP contribution in [0.25, 0.3) is 5.76 Å². The van der Waals surface area contributed by atoms with E-state index in [9.17, 15) is 27.5 Å². The lowest BCUT2D eigenvalue weighted by Gasteiger charge is -2.21. The number of carbonyl (C=O) groups is 1. The molecular weight excluding hydrogens is 334 g/mol. The highest BCUT2D eigenvalue weighted by atomic mass is 19.2. The van der Waals surface area contributed by atoms with Crippen molar-refractivity contribution in [3.05, 3.63) is 40.5 Å². The second-order valence-electron chi connectivity index (χ2n) is 4.80. The van der Waals surface area contributed by atoms with Crippen LogP contribution in [0.4, 0.5) is 17.6 Å². The van der Waals surface area contributed by atoms with Gasteiger partial charge in [0.05, 0.1) is 31.4 Å². The Morgan fingerprint density at radius 3 is 2.54 bits per heavy atom. The zero-order valence-electron chi connectivity index (χ0n) is 12.5. The molecule has 1 aromatic rings. The number of benzene rings is 1. The average Bonchev–Trinajstić information content (AvgIpc) is 2.50. The van der Waals surface area contributed by atoms with E-state index in [1.54, 1.807) is 0 Å². The van der Waals surface area contributed by atoms with Crippen LogP contribution in [-0.4, -0.2) is 43.2 Å². The zero-order chi connectivity index (χ0) is 17.9. The van der Waals surface area contributed by atoms with Crippen LogP contribution in [0.15, 0.2) is 16.6 Å². The second-order valence-corrected chi connectivity index (χ2v) is 4.80. The van der Waals surface area contributed by atoms with Crippen molar-refractivity contribution >= 4 is 17.9 Å². The molecule has 0 unspecified atom stereocenters. The molecule has 0 radical (unpaired) electrons. The summed E-state index contributed by atoms with van der Waals surface area (Å²) >= 11 is 0. The molecule has 1 aromatic carbocycles. The summed E-state index contributed by atoms with van der Waals surface area (Å²) in [4.78, 5) is 15.8. The van der Waals surface area contributed by atoms with E-state index in [2.05, 4.69) is 4.99 Å². The lowest BCUT2D eigenvalue weighted by molar-refractivity contribution is -0.137. The molecule has 5 nitrogen and oxygen atoms in total. The Labute approximate surface area is 134 Å². The number of hydrogen-bond acceptors (Lipinski definition) is 5. The van der Waals surface area contributed by atoms with Gasteiger partial charge in [0.25, 0.3) is 0 Å². The molecule has 1 N–H and O–H groups in total. The molecule has 24 heavy (non-hydrogen) atoms. The number of hydrogen-bond donors (Lipinski definition) is 1. The summed E-state index contributed by atoms with van der Waals surface area (Å²) in [6.07, 6.45) is 0.902. The molecule has 0 spiro atoms. The van der Waals surface area contributed by atoms with E-state index in [0.29, 0.717) is 13.2 Å². The van der Waals surface area contributed by atoms with E-state index in [0.717, 1.165) is 6.21 Å². The highest BCUT2D eigenvalue weighted by molar-refractivity contribution is 6.15. The van der Waals surface area contributed by atoms with Crippen LogP contribution in [-0.2, 0) is 14.3 Å². The van der Waals surface area contributed by atoms with Gasteiger partial charge in [0.15, 0.2) is 23.3 Å². The third-order valence-corrected chi connectivity index (χ3v) is 3.14. The van der Waals surface area contributed by atoms with E-state index in [-0.39, 0.29) is 18.7 Å². The van der Waals surface area contributed by atoms with Gasteiger partial charge in [-0.05, 0) is 13.0 Å². The Morgan fingerprint density at radius 1 is 1.33 bits per heavy atom. The lowest BCUT2D eigenvalue weighted by atomic mass is 10.1. The summed E-state index contributed by atoms with van der Waals surface area (Å²) in [5, 5.41) is 10.1. The van der Waals surface area contributed by atoms with Crippen LogP contribution in [0.2, 0.25) is 0 Å². The number of halogens is 4. The van der Waals surface area contributed by atoms with E-state index in [1.807, 2.05) is 0 Å². The van der Waals surface area contributed by atoms with Gasteiger partial charge in [-0.15, -0.1) is 0 Å². The van der Waals surface area contributed by atoms with Crippen molar-refractivity contribution in [3.63, 3.8) is 0 Å². The number of ether oxygens (including phenoxy) is 2. The normalized spacial score (nSPS) is 16.0. The fraction of sp³-hybridized carbons (Fsp3) is 0.333. The van der Waals surface area contributed by atoms with E-state index in [1.165, 1.54) is 6.92 Å². The summed E-state index contributed by atoms with van der Waals surface area (Å²) in [5.74, 6) is -9.89. The summed E-state index contributed by atoms with van der Waals surface area (Å²) < 4.78 is 63.0. The third-order valence-electron chi connectivity index (χ3n) is 3.14. The maximum absolute atomic E-state index is 13.8. The maximum Gasteiger partial charge on any atom is 0.343 e. The molecule has 130 valence electrons. The minimum absolute atomic E-state index is 0.0649. The molecular formula is C15H13F4NO4. The minimum atomic E-state index is -2.11. The maximum atomic E-state index is 13.8. The van der Waals surface area contributed by atoms with Crippen LogP contribution in [0.1, 0.15) is 12.5 Å². The monoisotopic (exact) mass is 347 g/mol. The topological polar surface area (TPSA) is 68.1 Å². The van der Waals surface area contributed by atoms with Crippen LogP contribution >= 0.6 is 0 Å². The van der Waals surface area contributed by atoms with Gasteiger partial charge < -0.3 is 14.6 Å². The van der Waals surface area contributed by atoms with Gasteiger partial charge in [-0.3, -0.25) is 4.99 Å². The first-order valence-electron chi connectivity index (χ1n) is 6.91. The van der Waals surface area contributed by atoms with Crippen molar-refractivity contribution in [2.75, 3.05) is 19.8 Å². The van der Waals surface area contributed by atoms with Gasteiger partial charge in [-0.1, -0.05) is 0 Å². The Hall–Kier alpha value is -2.42. The van der Waals surface area contributed by atoms with Crippen molar-refractivity contribution in [3.8, 4) is 0 Å². The average molecular weight is 347 g/mol. The van der Waals surface area contributed by atoms with Crippen molar-refractivity contribution in [1.82, 2.24) is 0 Å². The third kappa shape index (κ3) is 3.56. The number of carbonyl (C=O) groups excluding carboxylic acids is 1.